The zero-order valence-corrected chi connectivity index (χ0v) is 30.0. The average molecular weight is 715 g/mol. The van der Waals surface area contributed by atoms with E-state index >= 15 is 0 Å². The van der Waals surface area contributed by atoms with Crippen molar-refractivity contribution in [2.45, 2.75) is 0 Å². The van der Waals surface area contributed by atoms with Crippen LogP contribution in [0.5, 0.6) is 0 Å². The molecule has 12 aromatic rings. The number of hydrogen-bond acceptors (Lipinski definition) is 4. The third-order valence-electron chi connectivity index (χ3n) is 11.2. The molecule has 0 aliphatic carbocycles. The Labute approximate surface area is 320 Å². The van der Waals surface area contributed by atoms with Crippen molar-refractivity contribution in [3.05, 3.63) is 182 Å². The molecular weight excluding hydrogens is 685 g/mol. The maximum atomic E-state index is 7.10. The van der Waals surface area contributed by atoms with Crippen LogP contribution < -0.4 is 0 Å². The van der Waals surface area contributed by atoms with E-state index in [2.05, 4.69) is 126 Å². The third-order valence-corrected chi connectivity index (χ3v) is 11.2. The maximum Gasteiger partial charge on any atom is 0.164 e. The van der Waals surface area contributed by atoms with Crippen LogP contribution in [0.3, 0.4) is 0 Å². The van der Waals surface area contributed by atoms with Gasteiger partial charge in [0, 0.05) is 43.6 Å². The summed E-state index contributed by atoms with van der Waals surface area (Å²) in [5.74, 6) is 1.83. The minimum atomic E-state index is 0.590. The molecule has 0 fully saturated rings. The minimum absolute atomic E-state index is 0.590. The predicted octanol–water partition coefficient (Wildman–Crippen LogP) is 13.3. The van der Waals surface area contributed by atoms with Crippen LogP contribution in [0.1, 0.15) is 0 Å². The highest BCUT2D eigenvalue weighted by molar-refractivity contribution is 6.29. The summed E-state index contributed by atoms with van der Waals surface area (Å²) in [6, 6.07) is 63.8. The van der Waals surface area contributed by atoms with Gasteiger partial charge in [0.05, 0.1) is 16.7 Å². The lowest BCUT2D eigenvalue weighted by atomic mass is 10.00. The van der Waals surface area contributed by atoms with Crippen LogP contribution in [-0.2, 0) is 0 Å². The molecule has 3 heterocycles. The molecule has 0 spiro atoms. The van der Waals surface area contributed by atoms with Crippen LogP contribution in [0.15, 0.2) is 186 Å². The average Bonchev–Trinajstić information content (AvgIpc) is 3.83. The van der Waals surface area contributed by atoms with E-state index in [9.17, 15) is 0 Å². The monoisotopic (exact) mass is 714 g/mol. The van der Waals surface area contributed by atoms with Crippen molar-refractivity contribution in [1.82, 2.24) is 19.5 Å². The topological polar surface area (TPSA) is 56.7 Å². The first kappa shape index (κ1) is 30.8. The van der Waals surface area contributed by atoms with Gasteiger partial charge in [-0.2, -0.15) is 0 Å². The molecule has 5 nitrogen and oxygen atoms in total. The molecule has 9 aromatic carbocycles. The van der Waals surface area contributed by atoms with E-state index in [0.29, 0.717) is 17.5 Å². The predicted molar refractivity (Wildman–Crippen MR) is 230 cm³/mol. The van der Waals surface area contributed by atoms with E-state index in [1.807, 2.05) is 60.7 Å². The van der Waals surface area contributed by atoms with Crippen LogP contribution in [0.2, 0.25) is 0 Å². The number of hydrogen-bond donors (Lipinski definition) is 0. The highest BCUT2D eigenvalue weighted by Crippen LogP contribution is 2.45. The Kier molecular flexibility index (Phi) is 6.56. The molecule has 56 heavy (non-hydrogen) atoms. The molecule has 0 N–H and O–H groups in total. The molecule has 3 aromatic heterocycles. The Balaban J connectivity index is 1.25. The molecule has 0 saturated heterocycles. The molecule has 0 saturated carbocycles. The summed E-state index contributed by atoms with van der Waals surface area (Å²) in [5.41, 5.74) is 7.52. The second-order valence-electron chi connectivity index (χ2n) is 14.4. The summed E-state index contributed by atoms with van der Waals surface area (Å²) in [6.07, 6.45) is 0. The van der Waals surface area contributed by atoms with E-state index in [0.717, 1.165) is 66.1 Å². The van der Waals surface area contributed by atoms with E-state index in [-0.39, 0.29) is 0 Å². The highest BCUT2D eigenvalue weighted by Gasteiger charge is 2.23. The lowest BCUT2D eigenvalue weighted by Crippen LogP contribution is -2.01. The van der Waals surface area contributed by atoms with Crippen molar-refractivity contribution < 1.29 is 4.42 Å². The van der Waals surface area contributed by atoms with Gasteiger partial charge in [-0.05, 0) is 57.3 Å². The van der Waals surface area contributed by atoms with Crippen LogP contribution in [0, 0.1) is 0 Å². The molecule has 0 amide bonds. The van der Waals surface area contributed by atoms with E-state index in [1.54, 1.807) is 0 Å². The SMILES string of the molecule is c1ccc(-c2nc(-c3ccccc3)nc(-c3cc(-n4c5ccc6ccccc6c5c5c6ccccc6ccc54)c4oc5c6ccccc6ccc5c4c3)n2)cc1. The summed E-state index contributed by atoms with van der Waals surface area (Å²) in [5, 5.41) is 11.5. The zero-order chi connectivity index (χ0) is 36.7. The fourth-order valence-corrected chi connectivity index (χ4v) is 8.63. The van der Waals surface area contributed by atoms with Gasteiger partial charge in [-0.3, -0.25) is 0 Å². The zero-order valence-electron chi connectivity index (χ0n) is 30.0. The summed E-state index contributed by atoms with van der Waals surface area (Å²) >= 11 is 0. The van der Waals surface area contributed by atoms with Gasteiger partial charge in [0.25, 0.3) is 0 Å². The summed E-state index contributed by atoms with van der Waals surface area (Å²) < 4.78 is 9.48. The molecule has 0 aliphatic rings. The normalized spacial score (nSPS) is 11.9. The number of fused-ring (bicyclic) bond motifs is 12. The van der Waals surface area contributed by atoms with Crippen LogP contribution >= 0.6 is 0 Å². The summed E-state index contributed by atoms with van der Waals surface area (Å²) in [7, 11) is 0. The van der Waals surface area contributed by atoms with Crippen molar-refractivity contribution in [2.75, 3.05) is 0 Å². The van der Waals surface area contributed by atoms with Gasteiger partial charge in [0.2, 0.25) is 0 Å². The van der Waals surface area contributed by atoms with Gasteiger partial charge in [0.1, 0.15) is 5.58 Å². The van der Waals surface area contributed by atoms with Gasteiger partial charge in [0.15, 0.2) is 23.1 Å². The first-order valence-corrected chi connectivity index (χ1v) is 18.9. The Hall–Kier alpha value is -7.63. The van der Waals surface area contributed by atoms with Crippen molar-refractivity contribution >= 4 is 76.1 Å². The first-order chi connectivity index (χ1) is 27.8. The number of benzene rings is 9. The minimum Gasteiger partial charge on any atom is -0.453 e. The first-order valence-electron chi connectivity index (χ1n) is 18.9. The Morgan fingerprint density at radius 1 is 0.339 bits per heavy atom. The van der Waals surface area contributed by atoms with Crippen molar-refractivity contribution in [2.24, 2.45) is 0 Å². The Morgan fingerprint density at radius 3 is 1.38 bits per heavy atom. The quantitative estimate of drug-likeness (QED) is 0.182. The fraction of sp³-hybridized carbons (Fsp3) is 0. The van der Waals surface area contributed by atoms with Crippen LogP contribution in [-0.4, -0.2) is 19.5 Å². The van der Waals surface area contributed by atoms with Crippen LogP contribution in [0.4, 0.5) is 0 Å². The standard InChI is InChI=1S/C51H30N4O/c1-3-16-34(17-4-1)49-52-50(35-18-5-2-6-19-35)54-51(53-49)36-29-41-40-26-23-33-15-9-12-22-39(33)47(40)56-48(41)44(30-36)55-42-27-24-31-13-7-10-20-37(31)45(42)46-38-21-11-8-14-32(38)25-28-43(46)55/h1-30H. The molecule has 0 atom stereocenters. The maximum absolute atomic E-state index is 7.10. The molecule has 260 valence electrons. The van der Waals surface area contributed by atoms with Gasteiger partial charge in [-0.25, -0.2) is 15.0 Å². The largest absolute Gasteiger partial charge is 0.453 e. The smallest absolute Gasteiger partial charge is 0.164 e. The highest BCUT2D eigenvalue weighted by atomic mass is 16.3. The van der Waals surface area contributed by atoms with E-state index in [4.69, 9.17) is 19.4 Å². The molecule has 0 aliphatic heterocycles. The van der Waals surface area contributed by atoms with E-state index in [1.165, 1.54) is 32.3 Å². The Bertz CT molecular complexity index is 3380. The fourth-order valence-electron chi connectivity index (χ4n) is 8.63. The second kappa shape index (κ2) is 11.9. The van der Waals surface area contributed by atoms with Crippen molar-refractivity contribution in [1.29, 1.82) is 0 Å². The molecule has 5 heteroatoms. The van der Waals surface area contributed by atoms with Gasteiger partial charge in [-0.15, -0.1) is 0 Å². The lowest BCUT2D eigenvalue weighted by Gasteiger charge is -2.13. The number of rotatable bonds is 4. The van der Waals surface area contributed by atoms with Crippen molar-refractivity contribution in [3.8, 4) is 39.9 Å². The van der Waals surface area contributed by atoms with Crippen LogP contribution in [0.25, 0.3) is 116 Å². The van der Waals surface area contributed by atoms with Gasteiger partial charge >= 0.3 is 0 Å². The van der Waals surface area contributed by atoms with Gasteiger partial charge < -0.3 is 8.98 Å². The molecule has 0 bridgehead atoms. The number of nitrogens with zero attached hydrogens (tertiary/aromatic N) is 4. The van der Waals surface area contributed by atoms with Gasteiger partial charge in [-0.1, -0.05) is 152 Å². The second-order valence-corrected chi connectivity index (χ2v) is 14.4. The summed E-state index contributed by atoms with van der Waals surface area (Å²) in [6.45, 7) is 0. The third kappa shape index (κ3) is 4.58. The number of aromatic nitrogens is 4. The molecule has 0 unspecified atom stereocenters. The lowest BCUT2D eigenvalue weighted by molar-refractivity contribution is 0.670. The Morgan fingerprint density at radius 2 is 0.804 bits per heavy atom. The molecular formula is C51H30N4O. The van der Waals surface area contributed by atoms with Crippen molar-refractivity contribution in [3.63, 3.8) is 0 Å². The number of furan rings is 1. The summed E-state index contributed by atoms with van der Waals surface area (Å²) in [4.78, 5) is 15.4. The molecule has 0 radical (unpaired) electrons. The van der Waals surface area contributed by atoms with E-state index < -0.39 is 0 Å². The molecule has 12 rings (SSSR count).